The van der Waals surface area contributed by atoms with E-state index >= 15 is 0 Å². The topological polar surface area (TPSA) is 0 Å². The second-order valence-electron chi connectivity index (χ2n) is 3.20. The van der Waals surface area contributed by atoms with Crippen molar-refractivity contribution in [2.75, 3.05) is 0 Å². The molecule has 0 amide bonds. The Bertz CT molecular complexity index is 530. The van der Waals surface area contributed by atoms with Crippen LogP contribution in [0.5, 0.6) is 0 Å². The summed E-state index contributed by atoms with van der Waals surface area (Å²) in [5.41, 5.74) is 2.36. The number of fused-ring (bicyclic) bond motifs is 1. The van der Waals surface area contributed by atoms with Crippen molar-refractivity contribution in [1.29, 1.82) is 0 Å². The monoisotopic (exact) mass is 244 g/mol. The fourth-order valence-corrected chi connectivity index (χ4v) is 1.82. The van der Waals surface area contributed by atoms with Crippen LogP contribution in [0.4, 0.5) is 0 Å². The maximum atomic E-state index is 3.13. The summed E-state index contributed by atoms with van der Waals surface area (Å²) in [6, 6.07) is 12.5. The van der Waals surface area contributed by atoms with Crippen LogP contribution in [0.2, 0.25) is 0 Å². The van der Waals surface area contributed by atoms with E-state index in [1.807, 2.05) is 6.07 Å². The highest BCUT2D eigenvalue weighted by atomic mass is 79.9. The van der Waals surface area contributed by atoms with Gasteiger partial charge >= 0.3 is 0 Å². The summed E-state index contributed by atoms with van der Waals surface area (Å²) in [6.45, 7) is 2.12. The van der Waals surface area contributed by atoms with Gasteiger partial charge in [0.15, 0.2) is 0 Å². The quantitative estimate of drug-likeness (QED) is 0.618. The molecule has 0 atom stereocenters. The first-order chi connectivity index (χ1) is 6.83. The van der Waals surface area contributed by atoms with Crippen LogP contribution in [-0.4, -0.2) is 0 Å². The van der Waals surface area contributed by atoms with Gasteiger partial charge in [0.2, 0.25) is 0 Å². The predicted molar refractivity (Wildman–Crippen MR) is 64.5 cm³/mol. The van der Waals surface area contributed by atoms with Crippen LogP contribution in [0.25, 0.3) is 10.8 Å². The van der Waals surface area contributed by atoms with E-state index < -0.39 is 0 Å². The highest BCUT2D eigenvalue weighted by molar-refractivity contribution is 9.12. The minimum absolute atomic E-state index is 1.07. The van der Waals surface area contributed by atoms with Crippen molar-refractivity contribution in [3.8, 4) is 10.8 Å². The summed E-state index contributed by atoms with van der Waals surface area (Å²) in [7, 11) is 0. The Labute approximate surface area is 92.1 Å². The lowest BCUT2D eigenvalue weighted by molar-refractivity contribution is 1.52. The van der Waals surface area contributed by atoms with Gasteiger partial charge in [-0.05, 0) is 34.2 Å². The average Bonchev–Trinajstić information content (AvgIpc) is 2.23. The van der Waals surface area contributed by atoms with E-state index in [1.54, 1.807) is 0 Å². The zero-order valence-electron chi connectivity index (χ0n) is 7.84. The lowest BCUT2D eigenvalue weighted by Crippen LogP contribution is -1.82. The summed E-state index contributed by atoms with van der Waals surface area (Å²) in [5.74, 6) is 3.04. The Balaban J connectivity index is 2.86. The molecule has 0 aliphatic carbocycles. The summed E-state index contributed by atoms with van der Waals surface area (Å²) in [5, 5.41) is 2.50. The second kappa shape index (κ2) is 3.86. The maximum Gasteiger partial charge on any atom is 0.0332 e. The average molecular weight is 245 g/mol. The third-order valence-corrected chi connectivity index (χ3v) is 2.52. The van der Waals surface area contributed by atoms with Gasteiger partial charge in [0, 0.05) is 21.5 Å². The van der Waals surface area contributed by atoms with Gasteiger partial charge in [-0.3, -0.25) is 0 Å². The smallest absolute Gasteiger partial charge is 0.0332 e. The van der Waals surface area contributed by atoms with Gasteiger partial charge in [-0.2, -0.15) is 0 Å². The zero-order chi connectivity index (χ0) is 9.97. The Kier molecular flexibility index (Phi) is 2.56. The van der Waals surface area contributed by atoms with Crippen LogP contribution in [0.3, 0.4) is 0 Å². The molecule has 0 N–H and O–H groups in total. The van der Waals surface area contributed by atoms with Gasteiger partial charge in [-0.25, -0.2) is 0 Å². The third kappa shape index (κ3) is 1.54. The molecule has 14 heavy (non-hydrogen) atoms. The molecule has 0 fully saturated rings. The summed E-state index contributed by atoms with van der Waals surface area (Å²) < 4.78 is 0. The SMILES string of the molecule is Cc1ccc(C#CBr)c2ccccc12. The Morgan fingerprint density at radius 1 is 1.00 bits per heavy atom. The van der Waals surface area contributed by atoms with Gasteiger partial charge in [0.1, 0.15) is 0 Å². The second-order valence-corrected chi connectivity index (χ2v) is 3.59. The number of aryl methyl sites for hydroxylation is 1. The molecule has 0 spiro atoms. The Hall–Kier alpha value is -1.26. The molecule has 2 aromatic rings. The van der Waals surface area contributed by atoms with Crippen LogP contribution >= 0.6 is 15.9 Å². The third-order valence-electron chi connectivity index (χ3n) is 2.32. The molecule has 0 nitrogen and oxygen atoms in total. The van der Waals surface area contributed by atoms with E-state index in [-0.39, 0.29) is 0 Å². The predicted octanol–water partition coefficient (Wildman–Crippen LogP) is 3.85. The number of benzene rings is 2. The van der Waals surface area contributed by atoms with Crippen molar-refractivity contribution < 1.29 is 0 Å². The molecule has 68 valence electrons. The van der Waals surface area contributed by atoms with Crippen molar-refractivity contribution in [3.05, 3.63) is 47.5 Å². The molecule has 1 heteroatoms. The van der Waals surface area contributed by atoms with E-state index in [1.165, 1.54) is 16.3 Å². The molecule has 0 unspecified atom stereocenters. The largest absolute Gasteiger partial charge is 0.0616 e. The number of rotatable bonds is 0. The van der Waals surface area contributed by atoms with E-state index in [2.05, 4.69) is 63.9 Å². The lowest BCUT2D eigenvalue weighted by atomic mass is 10.0. The Morgan fingerprint density at radius 3 is 2.43 bits per heavy atom. The van der Waals surface area contributed by atoms with Crippen LogP contribution < -0.4 is 0 Å². The molecule has 2 rings (SSSR count). The van der Waals surface area contributed by atoms with Crippen LogP contribution in [0.1, 0.15) is 11.1 Å². The lowest BCUT2D eigenvalue weighted by Gasteiger charge is -2.03. The molecule has 0 aliphatic heterocycles. The minimum Gasteiger partial charge on any atom is -0.0616 e. The van der Waals surface area contributed by atoms with Gasteiger partial charge < -0.3 is 0 Å². The van der Waals surface area contributed by atoms with Gasteiger partial charge in [0.25, 0.3) is 0 Å². The highest BCUT2D eigenvalue weighted by Gasteiger charge is 1.99. The van der Waals surface area contributed by atoms with Crippen molar-refractivity contribution in [3.63, 3.8) is 0 Å². The fourth-order valence-electron chi connectivity index (χ4n) is 1.61. The highest BCUT2D eigenvalue weighted by Crippen LogP contribution is 2.21. The molecule has 2 aromatic carbocycles. The molecule has 0 aliphatic rings. The first kappa shape index (κ1) is 9.30. The van der Waals surface area contributed by atoms with Gasteiger partial charge in [0.05, 0.1) is 0 Å². The van der Waals surface area contributed by atoms with Crippen molar-refractivity contribution in [2.45, 2.75) is 6.92 Å². The summed E-state index contributed by atoms with van der Waals surface area (Å²) >= 11 is 3.13. The number of hydrogen-bond donors (Lipinski definition) is 0. The molecule has 0 saturated carbocycles. The van der Waals surface area contributed by atoms with E-state index in [0.29, 0.717) is 0 Å². The molecule has 0 bridgehead atoms. The van der Waals surface area contributed by atoms with E-state index in [0.717, 1.165) is 5.56 Å². The normalized spacial score (nSPS) is 9.57. The molecular weight excluding hydrogens is 236 g/mol. The molecule has 0 radical (unpaired) electrons. The van der Waals surface area contributed by atoms with Crippen LogP contribution in [0, 0.1) is 17.7 Å². The van der Waals surface area contributed by atoms with Crippen LogP contribution in [0.15, 0.2) is 36.4 Å². The van der Waals surface area contributed by atoms with Crippen molar-refractivity contribution in [1.82, 2.24) is 0 Å². The van der Waals surface area contributed by atoms with Gasteiger partial charge in [-0.15, -0.1) is 0 Å². The first-order valence-corrected chi connectivity index (χ1v) is 5.22. The number of halogens is 1. The fraction of sp³-hybridized carbons (Fsp3) is 0.0769. The summed E-state index contributed by atoms with van der Waals surface area (Å²) in [4.78, 5) is 2.76. The molecule has 0 saturated heterocycles. The maximum absolute atomic E-state index is 3.13. The van der Waals surface area contributed by atoms with Gasteiger partial charge in [-0.1, -0.05) is 36.3 Å². The van der Waals surface area contributed by atoms with E-state index in [9.17, 15) is 0 Å². The Morgan fingerprint density at radius 2 is 1.71 bits per heavy atom. The minimum atomic E-state index is 1.07. The molecule has 0 aromatic heterocycles. The van der Waals surface area contributed by atoms with E-state index in [4.69, 9.17) is 0 Å². The molecular formula is C13H9Br. The van der Waals surface area contributed by atoms with Crippen molar-refractivity contribution >= 4 is 26.7 Å². The zero-order valence-corrected chi connectivity index (χ0v) is 9.43. The van der Waals surface area contributed by atoms with Crippen molar-refractivity contribution in [2.24, 2.45) is 0 Å². The standard InChI is InChI=1S/C13H9Br/c1-10-6-7-11(8-9-14)13-5-3-2-4-12(10)13/h2-7H,1H3. The van der Waals surface area contributed by atoms with Crippen LogP contribution in [-0.2, 0) is 0 Å². The molecule has 0 heterocycles. The first-order valence-electron chi connectivity index (χ1n) is 4.43. The summed E-state index contributed by atoms with van der Waals surface area (Å²) in [6.07, 6.45) is 0. The number of hydrogen-bond acceptors (Lipinski definition) is 0.